The van der Waals surface area contributed by atoms with E-state index in [0.717, 1.165) is 30.8 Å². The van der Waals surface area contributed by atoms with Gasteiger partial charge < -0.3 is 14.4 Å². The van der Waals surface area contributed by atoms with E-state index in [1.54, 1.807) is 19.9 Å². The molecular weight excluding hydrogens is 438 g/mol. The van der Waals surface area contributed by atoms with E-state index in [1.807, 2.05) is 30.3 Å². The minimum Gasteiger partial charge on any atom is -0.463 e. The summed E-state index contributed by atoms with van der Waals surface area (Å²) in [5, 5.41) is 19.2. The molecule has 1 aromatic rings. The summed E-state index contributed by atoms with van der Waals surface area (Å²) < 4.78 is 11.8. The Bertz CT molecular complexity index is 1240. The highest BCUT2D eigenvalue weighted by atomic mass is 16.7. The standard InChI is InChI=1S/C28H27N5O2/c1-8-9-16-33-23-13-11-10-12-20(23)27(2,3)24(33)15-14-19-25(21(17-29)31-6)34-28(4,5)35-26(19)22(18-30)32-7/h10-15H,8-9,16H2,1-5H3. The highest BCUT2D eigenvalue weighted by Gasteiger charge is 2.40. The zero-order valence-electron chi connectivity index (χ0n) is 20.6. The quantitative estimate of drug-likeness (QED) is 0.375. The van der Waals surface area contributed by atoms with Gasteiger partial charge in [0.15, 0.2) is 11.5 Å². The Morgan fingerprint density at radius 2 is 1.57 bits per heavy atom. The van der Waals surface area contributed by atoms with Crippen LogP contribution in [0.4, 0.5) is 5.69 Å². The minimum atomic E-state index is -1.27. The molecule has 0 radical (unpaired) electrons. The number of hydrogen-bond acceptors (Lipinski definition) is 5. The van der Waals surface area contributed by atoms with Gasteiger partial charge in [0.05, 0.1) is 25.3 Å². The SMILES string of the molecule is [C-]#[N+]C(C#N)=C1OC(C)(C)OC(=C(C#N)[N+]#[C-])C1=CC=C1N(CCCC)c2ccccc2C1(C)C. The van der Waals surface area contributed by atoms with Crippen LogP contribution in [0.3, 0.4) is 0 Å². The fourth-order valence-electron chi connectivity index (χ4n) is 4.34. The monoisotopic (exact) mass is 465 g/mol. The zero-order chi connectivity index (χ0) is 25.8. The van der Waals surface area contributed by atoms with Crippen LogP contribution in [0.5, 0.6) is 0 Å². The summed E-state index contributed by atoms with van der Waals surface area (Å²) in [5.41, 5.74) is 2.70. The van der Waals surface area contributed by atoms with Crippen molar-refractivity contribution in [2.75, 3.05) is 11.4 Å². The maximum Gasteiger partial charge on any atom is 0.303 e. The largest absolute Gasteiger partial charge is 0.463 e. The van der Waals surface area contributed by atoms with Gasteiger partial charge in [-0.25, -0.2) is 20.2 Å². The summed E-state index contributed by atoms with van der Waals surface area (Å²) in [6.45, 7) is 25.4. The molecule has 0 spiro atoms. The van der Waals surface area contributed by atoms with E-state index < -0.39 is 5.79 Å². The molecule has 3 rings (SSSR count). The predicted octanol–water partition coefficient (Wildman–Crippen LogP) is 6.49. The van der Waals surface area contributed by atoms with Crippen molar-refractivity contribution in [1.29, 1.82) is 10.5 Å². The van der Waals surface area contributed by atoms with Gasteiger partial charge in [-0.2, -0.15) is 0 Å². The molecule has 2 aliphatic rings. The van der Waals surface area contributed by atoms with Gasteiger partial charge in [-0.05, 0) is 30.2 Å². The molecule has 1 aromatic carbocycles. The van der Waals surface area contributed by atoms with E-state index in [1.165, 1.54) is 5.56 Å². The van der Waals surface area contributed by atoms with Crippen molar-refractivity contribution in [3.05, 3.63) is 99.0 Å². The highest BCUT2D eigenvalue weighted by molar-refractivity contribution is 5.71. The predicted molar refractivity (Wildman–Crippen MR) is 133 cm³/mol. The third kappa shape index (κ3) is 4.63. The molecule has 0 aromatic heterocycles. The second-order valence-electron chi connectivity index (χ2n) is 9.19. The Morgan fingerprint density at radius 3 is 2.09 bits per heavy atom. The number of hydrogen-bond donors (Lipinski definition) is 0. The lowest BCUT2D eigenvalue weighted by atomic mass is 9.83. The lowest BCUT2D eigenvalue weighted by molar-refractivity contribution is -0.176. The second-order valence-corrected chi connectivity index (χ2v) is 9.19. The Hall–Kier alpha value is -4.46. The van der Waals surface area contributed by atoms with Crippen LogP contribution in [0.25, 0.3) is 9.69 Å². The first-order valence-electron chi connectivity index (χ1n) is 11.4. The van der Waals surface area contributed by atoms with Gasteiger partial charge in [0.2, 0.25) is 5.79 Å². The number of nitrogens with zero attached hydrogens (tertiary/aromatic N) is 5. The molecule has 176 valence electrons. The molecule has 0 aliphatic carbocycles. The van der Waals surface area contributed by atoms with E-state index in [0.29, 0.717) is 0 Å². The van der Waals surface area contributed by atoms with Gasteiger partial charge >= 0.3 is 11.4 Å². The summed E-state index contributed by atoms with van der Waals surface area (Å²) in [6.07, 6.45) is 5.64. The molecule has 0 amide bonds. The van der Waals surface area contributed by atoms with Crippen LogP contribution in [-0.2, 0) is 14.9 Å². The van der Waals surface area contributed by atoms with E-state index in [4.69, 9.17) is 22.6 Å². The Balaban J connectivity index is 2.30. The molecular formula is C28H27N5O2. The molecule has 7 heteroatoms. The van der Waals surface area contributed by atoms with Gasteiger partial charge in [0.25, 0.3) is 0 Å². The van der Waals surface area contributed by atoms with Crippen LogP contribution in [0, 0.1) is 35.8 Å². The van der Waals surface area contributed by atoms with Crippen molar-refractivity contribution in [3.63, 3.8) is 0 Å². The van der Waals surface area contributed by atoms with Crippen molar-refractivity contribution in [3.8, 4) is 12.1 Å². The van der Waals surface area contributed by atoms with Crippen LogP contribution in [0.1, 0.15) is 53.0 Å². The molecule has 0 N–H and O–H groups in total. The molecule has 7 nitrogen and oxygen atoms in total. The first-order valence-corrected chi connectivity index (χ1v) is 11.4. The van der Waals surface area contributed by atoms with E-state index in [2.05, 4.69) is 47.5 Å². The number of allylic oxidation sites excluding steroid dienone is 5. The van der Waals surface area contributed by atoms with Crippen molar-refractivity contribution < 1.29 is 9.47 Å². The van der Waals surface area contributed by atoms with Crippen LogP contribution in [-0.4, -0.2) is 12.3 Å². The van der Waals surface area contributed by atoms with E-state index in [9.17, 15) is 10.5 Å². The second kappa shape index (κ2) is 9.80. The normalized spacial score (nSPS) is 21.3. The fourth-order valence-corrected chi connectivity index (χ4v) is 4.34. The molecule has 1 fully saturated rings. The summed E-state index contributed by atoms with van der Waals surface area (Å²) in [4.78, 5) is 8.92. The summed E-state index contributed by atoms with van der Waals surface area (Å²) in [6, 6.07) is 12.0. The van der Waals surface area contributed by atoms with Crippen molar-refractivity contribution >= 4 is 5.69 Å². The Morgan fingerprint density at radius 1 is 1.00 bits per heavy atom. The molecule has 2 aliphatic heterocycles. The number of benzene rings is 1. The summed E-state index contributed by atoms with van der Waals surface area (Å²) in [5.74, 6) is -1.28. The van der Waals surface area contributed by atoms with Crippen molar-refractivity contribution in [2.45, 2.75) is 58.7 Å². The molecule has 35 heavy (non-hydrogen) atoms. The van der Waals surface area contributed by atoms with Gasteiger partial charge in [-0.15, -0.1) is 0 Å². The van der Waals surface area contributed by atoms with Crippen LogP contribution in [0.2, 0.25) is 0 Å². The fraction of sp³-hybridized carbons (Fsp3) is 0.357. The highest BCUT2D eigenvalue weighted by Crippen LogP contribution is 2.48. The first kappa shape index (κ1) is 25.2. The number of rotatable bonds is 4. The third-order valence-electron chi connectivity index (χ3n) is 5.99. The maximum absolute atomic E-state index is 9.59. The number of para-hydroxylation sites is 1. The molecule has 0 atom stereocenters. The van der Waals surface area contributed by atoms with Crippen LogP contribution in [0.15, 0.2) is 70.6 Å². The topological polar surface area (TPSA) is 78.0 Å². The first-order chi connectivity index (χ1) is 16.6. The summed E-state index contributed by atoms with van der Waals surface area (Å²) in [7, 11) is 0. The Kier molecular flexibility index (Phi) is 7.05. The maximum atomic E-state index is 9.59. The molecule has 0 bridgehead atoms. The van der Waals surface area contributed by atoms with Gasteiger partial charge in [-0.1, -0.05) is 45.4 Å². The number of fused-ring (bicyclic) bond motifs is 1. The van der Waals surface area contributed by atoms with E-state index in [-0.39, 0.29) is 33.9 Å². The molecule has 1 saturated heterocycles. The number of nitriles is 2. The molecule has 2 heterocycles. The third-order valence-corrected chi connectivity index (χ3v) is 5.99. The van der Waals surface area contributed by atoms with Crippen molar-refractivity contribution in [2.24, 2.45) is 0 Å². The lowest BCUT2D eigenvalue weighted by Crippen LogP contribution is -2.34. The lowest BCUT2D eigenvalue weighted by Gasteiger charge is -2.37. The number of anilines is 1. The van der Waals surface area contributed by atoms with Gasteiger partial charge in [0.1, 0.15) is 0 Å². The molecule has 0 unspecified atom stereocenters. The minimum absolute atomic E-state index is 0.00424. The number of ether oxygens (including phenoxy) is 2. The van der Waals surface area contributed by atoms with Gasteiger partial charge in [0, 0.05) is 42.8 Å². The number of unbranched alkanes of at least 4 members (excludes halogenated alkanes) is 1. The zero-order valence-corrected chi connectivity index (χ0v) is 20.6. The van der Waals surface area contributed by atoms with Gasteiger partial charge in [-0.3, -0.25) is 0 Å². The van der Waals surface area contributed by atoms with Crippen LogP contribution < -0.4 is 4.90 Å². The average Bonchev–Trinajstić information content (AvgIpc) is 3.04. The Labute approximate surface area is 207 Å². The smallest absolute Gasteiger partial charge is 0.303 e. The summed E-state index contributed by atoms with van der Waals surface area (Å²) >= 11 is 0. The van der Waals surface area contributed by atoms with Crippen LogP contribution >= 0.6 is 0 Å². The van der Waals surface area contributed by atoms with E-state index >= 15 is 0 Å². The van der Waals surface area contributed by atoms with Crippen molar-refractivity contribution in [1.82, 2.24) is 0 Å². The average molecular weight is 466 g/mol. The molecule has 0 saturated carbocycles.